The Labute approximate surface area is 164 Å². The molecule has 2 amide bonds. The van der Waals surface area contributed by atoms with E-state index in [4.69, 9.17) is 0 Å². The van der Waals surface area contributed by atoms with Crippen molar-refractivity contribution in [3.63, 3.8) is 0 Å². The van der Waals surface area contributed by atoms with E-state index < -0.39 is 0 Å². The van der Waals surface area contributed by atoms with Gasteiger partial charge in [-0.25, -0.2) is 4.98 Å². The lowest BCUT2D eigenvalue weighted by molar-refractivity contribution is -0.131. The van der Waals surface area contributed by atoms with E-state index in [1.807, 2.05) is 47.6 Å². The van der Waals surface area contributed by atoms with Gasteiger partial charge in [0.25, 0.3) is 5.91 Å². The van der Waals surface area contributed by atoms with Crippen LogP contribution in [-0.2, 0) is 11.3 Å². The molecule has 1 saturated heterocycles. The van der Waals surface area contributed by atoms with Crippen LogP contribution in [0.2, 0.25) is 0 Å². The number of likely N-dealkylation sites (tertiary alicyclic amines) is 1. The van der Waals surface area contributed by atoms with Crippen molar-refractivity contribution in [3.8, 4) is 0 Å². The molecule has 0 unspecified atom stereocenters. The number of benzene rings is 2. The molecule has 4 rings (SSSR count). The molecule has 0 aliphatic carbocycles. The molecule has 0 saturated carbocycles. The Kier molecular flexibility index (Phi) is 5.37. The predicted octanol–water partition coefficient (Wildman–Crippen LogP) is 2.70. The predicted molar refractivity (Wildman–Crippen MR) is 108 cm³/mol. The molecule has 2 heterocycles. The standard InChI is InChI=1S/C22H24N4O2/c27-21(14-23-22(28)18-6-2-1-3-7-18)25-12-10-17(11-13-25)15-26-16-24-19-8-4-5-9-20(19)26/h1-9,16-17H,10-15H2,(H,23,28). The van der Waals surface area contributed by atoms with Gasteiger partial charge >= 0.3 is 0 Å². The Hall–Kier alpha value is -3.15. The second-order valence-corrected chi connectivity index (χ2v) is 7.26. The Bertz CT molecular complexity index is 959. The first kappa shape index (κ1) is 18.2. The van der Waals surface area contributed by atoms with Crippen LogP contribution < -0.4 is 5.32 Å². The number of para-hydroxylation sites is 2. The van der Waals surface area contributed by atoms with E-state index >= 15 is 0 Å². The second-order valence-electron chi connectivity index (χ2n) is 7.26. The van der Waals surface area contributed by atoms with Crippen LogP contribution in [0.3, 0.4) is 0 Å². The summed E-state index contributed by atoms with van der Waals surface area (Å²) < 4.78 is 2.21. The number of nitrogens with one attached hydrogen (secondary N) is 1. The van der Waals surface area contributed by atoms with Crippen LogP contribution in [0.1, 0.15) is 23.2 Å². The number of piperidine rings is 1. The lowest BCUT2D eigenvalue weighted by Gasteiger charge is -2.32. The van der Waals surface area contributed by atoms with E-state index in [2.05, 4.69) is 20.9 Å². The van der Waals surface area contributed by atoms with E-state index in [1.165, 1.54) is 0 Å². The van der Waals surface area contributed by atoms with Crippen molar-refractivity contribution in [2.24, 2.45) is 5.92 Å². The van der Waals surface area contributed by atoms with Gasteiger partial charge in [-0.1, -0.05) is 30.3 Å². The highest BCUT2D eigenvalue weighted by Gasteiger charge is 2.23. The molecule has 6 heteroatoms. The number of rotatable bonds is 5. The van der Waals surface area contributed by atoms with Crippen LogP contribution in [0.15, 0.2) is 60.9 Å². The first-order valence-electron chi connectivity index (χ1n) is 9.71. The number of aromatic nitrogens is 2. The van der Waals surface area contributed by atoms with Gasteiger partial charge in [0.15, 0.2) is 0 Å². The number of carbonyl (C=O) groups excluding carboxylic acids is 2. The normalized spacial score (nSPS) is 14.9. The minimum Gasteiger partial charge on any atom is -0.343 e. The zero-order chi connectivity index (χ0) is 19.3. The van der Waals surface area contributed by atoms with Crippen molar-refractivity contribution >= 4 is 22.8 Å². The van der Waals surface area contributed by atoms with Crippen molar-refractivity contribution in [1.82, 2.24) is 19.8 Å². The molecule has 2 aromatic carbocycles. The Morgan fingerprint density at radius 1 is 1.00 bits per heavy atom. The highest BCUT2D eigenvalue weighted by Crippen LogP contribution is 2.21. The molecule has 1 aromatic heterocycles. The average Bonchev–Trinajstić information content (AvgIpc) is 3.16. The number of hydrogen-bond acceptors (Lipinski definition) is 3. The summed E-state index contributed by atoms with van der Waals surface area (Å²) >= 11 is 0. The van der Waals surface area contributed by atoms with Gasteiger partial charge in [-0.05, 0) is 43.0 Å². The molecule has 0 bridgehead atoms. The maximum atomic E-state index is 12.4. The van der Waals surface area contributed by atoms with E-state index in [0.717, 1.165) is 43.5 Å². The molecule has 1 fully saturated rings. The highest BCUT2D eigenvalue weighted by molar-refractivity contribution is 5.96. The number of imidazole rings is 1. The molecule has 1 N–H and O–H groups in total. The smallest absolute Gasteiger partial charge is 0.251 e. The summed E-state index contributed by atoms with van der Waals surface area (Å²) in [5, 5.41) is 2.72. The number of carbonyl (C=O) groups is 2. The van der Waals surface area contributed by atoms with Crippen molar-refractivity contribution in [1.29, 1.82) is 0 Å². The molecule has 0 spiro atoms. The molecule has 1 aliphatic rings. The lowest BCUT2D eigenvalue weighted by Crippen LogP contribution is -2.44. The molecule has 144 valence electrons. The van der Waals surface area contributed by atoms with E-state index in [9.17, 15) is 9.59 Å². The van der Waals surface area contributed by atoms with Gasteiger partial charge < -0.3 is 14.8 Å². The average molecular weight is 376 g/mol. The number of fused-ring (bicyclic) bond motifs is 1. The van der Waals surface area contributed by atoms with Gasteiger partial charge in [0.1, 0.15) is 0 Å². The summed E-state index contributed by atoms with van der Waals surface area (Å²) in [5.41, 5.74) is 2.75. The SMILES string of the molecule is O=C(NCC(=O)N1CCC(Cn2cnc3ccccc32)CC1)c1ccccc1. The van der Waals surface area contributed by atoms with Crippen LogP contribution in [0.4, 0.5) is 0 Å². The lowest BCUT2D eigenvalue weighted by atomic mass is 9.96. The molecular formula is C22H24N4O2. The third kappa shape index (κ3) is 4.06. The molecular weight excluding hydrogens is 352 g/mol. The summed E-state index contributed by atoms with van der Waals surface area (Å²) in [5.74, 6) is 0.298. The minimum absolute atomic E-state index is 0.0178. The van der Waals surface area contributed by atoms with Crippen molar-refractivity contribution in [3.05, 3.63) is 66.5 Å². The maximum absolute atomic E-state index is 12.4. The van der Waals surface area contributed by atoms with Gasteiger partial charge in [-0.15, -0.1) is 0 Å². The number of hydrogen-bond donors (Lipinski definition) is 1. The quantitative estimate of drug-likeness (QED) is 0.744. The Morgan fingerprint density at radius 2 is 1.71 bits per heavy atom. The van der Waals surface area contributed by atoms with E-state index in [1.54, 1.807) is 12.1 Å². The molecule has 0 radical (unpaired) electrons. The maximum Gasteiger partial charge on any atom is 0.251 e. The van der Waals surface area contributed by atoms with E-state index in [-0.39, 0.29) is 18.4 Å². The fraction of sp³-hybridized carbons (Fsp3) is 0.318. The fourth-order valence-corrected chi connectivity index (χ4v) is 3.76. The number of amides is 2. The first-order chi connectivity index (χ1) is 13.7. The van der Waals surface area contributed by atoms with Crippen LogP contribution in [0.5, 0.6) is 0 Å². The molecule has 0 atom stereocenters. The van der Waals surface area contributed by atoms with Crippen LogP contribution in [0, 0.1) is 5.92 Å². The first-order valence-corrected chi connectivity index (χ1v) is 9.71. The topological polar surface area (TPSA) is 67.2 Å². The van der Waals surface area contributed by atoms with Crippen LogP contribution >= 0.6 is 0 Å². The van der Waals surface area contributed by atoms with Gasteiger partial charge in [0, 0.05) is 25.2 Å². The van der Waals surface area contributed by atoms with Gasteiger partial charge in [-0.2, -0.15) is 0 Å². The summed E-state index contributed by atoms with van der Waals surface area (Å²) in [7, 11) is 0. The minimum atomic E-state index is -0.212. The Balaban J connectivity index is 1.25. The van der Waals surface area contributed by atoms with Crippen molar-refractivity contribution < 1.29 is 9.59 Å². The zero-order valence-electron chi connectivity index (χ0n) is 15.8. The summed E-state index contributed by atoms with van der Waals surface area (Å²) in [4.78, 5) is 30.8. The third-order valence-electron chi connectivity index (χ3n) is 5.39. The molecule has 28 heavy (non-hydrogen) atoms. The van der Waals surface area contributed by atoms with E-state index in [0.29, 0.717) is 11.5 Å². The third-order valence-corrected chi connectivity index (χ3v) is 5.39. The highest BCUT2D eigenvalue weighted by atomic mass is 16.2. The van der Waals surface area contributed by atoms with Crippen LogP contribution in [0.25, 0.3) is 11.0 Å². The summed E-state index contributed by atoms with van der Waals surface area (Å²) in [6, 6.07) is 17.1. The van der Waals surface area contributed by atoms with Gasteiger partial charge in [0.05, 0.1) is 23.9 Å². The molecule has 6 nitrogen and oxygen atoms in total. The molecule has 1 aliphatic heterocycles. The largest absolute Gasteiger partial charge is 0.343 e. The zero-order valence-corrected chi connectivity index (χ0v) is 15.8. The van der Waals surface area contributed by atoms with Crippen molar-refractivity contribution in [2.75, 3.05) is 19.6 Å². The van der Waals surface area contributed by atoms with Crippen LogP contribution in [-0.4, -0.2) is 45.9 Å². The summed E-state index contributed by atoms with van der Waals surface area (Å²) in [6.45, 7) is 2.44. The van der Waals surface area contributed by atoms with Gasteiger partial charge in [0.2, 0.25) is 5.91 Å². The Morgan fingerprint density at radius 3 is 2.50 bits per heavy atom. The second kappa shape index (κ2) is 8.25. The van der Waals surface area contributed by atoms with Crippen molar-refractivity contribution in [2.45, 2.75) is 19.4 Å². The fourth-order valence-electron chi connectivity index (χ4n) is 3.76. The van der Waals surface area contributed by atoms with Gasteiger partial charge in [-0.3, -0.25) is 9.59 Å². The summed E-state index contributed by atoms with van der Waals surface area (Å²) in [6.07, 6.45) is 3.83. The molecule has 3 aromatic rings. The number of nitrogens with zero attached hydrogens (tertiary/aromatic N) is 3. The monoisotopic (exact) mass is 376 g/mol.